The zero-order valence-corrected chi connectivity index (χ0v) is 22.5. The van der Waals surface area contributed by atoms with Gasteiger partial charge in [0.2, 0.25) is 11.8 Å². The Bertz CT molecular complexity index is 1350. The number of benzene rings is 3. The summed E-state index contributed by atoms with van der Waals surface area (Å²) in [5.41, 5.74) is 1.32. The molecule has 0 fully saturated rings. The molecule has 0 aliphatic carbocycles. The van der Waals surface area contributed by atoms with E-state index in [0.29, 0.717) is 0 Å². The Kier molecular flexibility index (Phi) is 8.86. The lowest BCUT2D eigenvalue weighted by molar-refractivity contribution is -0.139. The number of hydrogen-bond donors (Lipinski definition) is 1. The number of carbonyl (C=O) groups excluding carboxylic acids is 2. The zero-order valence-electron chi connectivity index (χ0n) is 20.1. The van der Waals surface area contributed by atoms with E-state index in [1.807, 2.05) is 13.0 Å². The Morgan fingerprint density at radius 3 is 2.31 bits per heavy atom. The number of amides is 2. The summed E-state index contributed by atoms with van der Waals surface area (Å²) in [4.78, 5) is 27.3. The van der Waals surface area contributed by atoms with Gasteiger partial charge in [0.05, 0.1) is 10.6 Å². The third kappa shape index (κ3) is 6.30. The minimum atomic E-state index is -4.32. The van der Waals surface area contributed by atoms with Gasteiger partial charge in [0.25, 0.3) is 10.0 Å². The fourth-order valence-electron chi connectivity index (χ4n) is 3.63. The van der Waals surface area contributed by atoms with Crippen molar-refractivity contribution in [3.8, 4) is 0 Å². The van der Waals surface area contributed by atoms with E-state index in [4.69, 9.17) is 0 Å². The summed E-state index contributed by atoms with van der Waals surface area (Å²) in [7, 11) is -2.86. The largest absolute Gasteiger partial charge is 0.357 e. The van der Waals surface area contributed by atoms with E-state index in [1.54, 1.807) is 37.3 Å². The van der Waals surface area contributed by atoms with Gasteiger partial charge in [0.1, 0.15) is 18.4 Å². The standard InChI is InChI=1S/C26H27BrFN3O4S/c1-18-11-13-22(14-12-18)36(34,35)31(24-10-5-4-9-23(24)28)17-25(32)30(19(2)26(33)29-3)16-20-7-6-8-21(27)15-20/h4-15,19H,16-17H2,1-3H3,(H,29,33)/t19-/m0/s1. The second-order valence-electron chi connectivity index (χ2n) is 8.22. The van der Waals surface area contributed by atoms with Crippen LogP contribution in [0.15, 0.2) is 82.2 Å². The van der Waals surface area contributed by atoms with Crippen LogP contribution in [0.25, 0.3) is 0 Å². The van der Waals surface area contributed by atoms with Crippen LogP contribution in [0.5, 0.6) is 0 Å². The number of anilines is 1. The van der Waals surface area contributed by atoms with Crippen LogP contribution in [-0.4, -0.2) is 44.8 Å². The van der Waals surface area contributed by atoms with E-state index in [0.717, 1.165) is 26.0 Å². The molecule has 2 amide bonds. The number of hydrogen-bond acceptors (Lipinski definition) is 4. The third-order valence-corrected chi connectivity index (χ3v) is 7.93. The van der Waals surface area contributed by atoms with Crippen molar-refractivity contribution < 1.29 is 22.4 Å². The topological polar surface area (TPSA) is 86.8 Å². The van der Waals surface area contributed by atoms with Crippen LogP contribution >= 0.6 is 15.9 Å². The van der Waals surface area contributed by atoms with E-state index in [9.17, 15) is 22.4 Å². The van der Waals surface area contributed by atoms with Crippen molar-refractivity contribution in [2.24, 2.45) is 0 Å². The van der Waals surface area contributed by atoms with Crippen LogP contribution in [0.4, 0.5) is 10.1 Å². The first kappa shape index (κ1) is 27.3. The van der Waals surface area contributed by atoms with E-state index in [2.05, 4.69) is 21.2 Å². The predicted molar refractivity (Wildman–Crippen MR) is 140 cm³/mol. The summed E-state index contributed by atoms with van der Waals surface area (Å²) in [6.07, 6.45) is 0. The Labute approximate surface area is 219 Å². The molecule has 0 spiro atoms. The quantitative estimate of drug-likeness (QED) is 0.413. The van der Waals surface area contributed by atoms with Gasteiger partial charge in [0, 0.05) is 18.1 Å². The molecule has 7 nitrogen and oxygen atoms in total. The van der Waals surface area contributed by atoms with E-state index in [1.165, 1.54) is 42.3 Å². The number of halogens is 2. The normalized spacial score (nSPS) is 12.0. The van der Waals surface area contributed by atoms with Crippen molar-refractivity contribution in [1.29, 1.82) is 0 Å². The number of likely N-dealkylation sites (N-methyl/N-ethyl adjacent to an activating group) is 1. The molecule has 190 valence electrons. The number of para-hydroxylation sites is 1. The molecule has 0 aromatic heterocycles. The second-order valence-corrected chi connectivity index (χ2v) is 11.0. The van der Waals surface area contributed by atoms with Crippen molar-refractivity contribution in [2.45, 2.75) is 31.3 Å². The van der Waals surface area contributed by atoms with Gasteiger partial charge in [-0.05, 0) is 55.8 Å². The number of carbonyl (C=O) groups is 2. The van der Waals surface area contributed by atoms with Gasteiger partial charge < -0.3 is 10.2 Å². The Morgan fingerprint density at radius 1 is 1.03 bits per heavy atom. The molecule has 0 saturated carbocycles. The number of sulfonamides is 1. The van der Waals surface area contributed by atoms with Gasteiger partial charge >= 0.3 is 0 Å². The molecule has 1 N–H and O–H groups in total. The molecule has 0 aliphatic rings. The Hall–Kier alpha value is -3.24. The van der Waals surface area contributed by atoms with Crippen LogP contribution in [0, 0.1) is 12.7 Å². The van der Waals surface area contributed by atoms with Gasteiger partial charge in [-0.15, -0.1) is 0 Å². The summed E-state index contributed by atoms with van der Waals surface area (Å²) >= 11 is 3.39. The summed E-state index contributed by atoms with van der Waals surface area (Å²) in [5.74, 6) is -1.87. The van der Waals surface area contributed by atoms with Crippen molar-refractivity contribution in [1.82, 2.24) is 10.2 Å². The SMILES string of the molecule is CNC(=O)[C@H](C)N(Cc1cccc(Br)c1)C(=O)CN(c1ccccc1F)S(=O)(=O)c1ccc(C)cc1. The van der Waals surface area contributed by atoms with Crippen LogP contribution in [-0.2, 0) is 26.2 Å². The lowest BCUT2D eigenvalue weighted by Gasteiger charge is -2.32. The Balaban J connectivity index is 2.05. The van der Waals surface area contributed by atoms with Crippen molar-refractivity contribution >= 4 is 43.5 Å². The molecule has 3 rings (SSSR count). The highest BCUT2D eigenvalue weighted by Gasteiger charge is 2.33. The summed E-state index contributed by atoms with van der Waals surface area (Å²) in [6, 6.07) is 17.7. The molecule has 3 aromatic carbocycles. The molecule has 0 saturated heterocycles. The monoisotopic (exact) mass is 575 g/mol. The number of rotatable bonds is 9. The van der Waals surface area contributed by atoms with E-state index in [-0.39, 0.29) is 17.1 Å². The minimum Gasteiger partial charge on any atom is -0.357 e. The average molecular weight is 576 g/mol. The lowest BCUT2D eigenvalue weighted by Crippen LogP contribution is -2.50. The maximum Gasteiger partial charge on any atom is 0.264 e. The smallest absolute Gasteiger partial charge is 0.264 e. The van der Waals surface area contributed by atoms with Crippen LogP contribution in [0.1, 0.15) is 18.1 Å². The summed E-state index contributed by atoms with van der Waals surface area (Å²) in [5, 5.41) is 2.52. The highest BCUT2D eigenvalue weighted by Crippen LogP contribution is 2.27. The van der Waals surface area contributed by atoms with Crippen molar-refractivity contribution in [2.75, 3.05) is 17.9 Å². The van der Waals surface area contributed by atoms with E-state index >= 15 is 0 Å². The minimum absolute atomic E-state index is 0.0442. The van der Waals surface area contributed by atoms with Gasteiger partial charge in [-0.1, -0.05) is 57.9 Å². The molecule has 0 radical (unpaired) electrons. The Morgan fingerprint density at radius 2 is 1.69 bits per heavy atom. The first-order chi connectivity index (χ1) is 17.0. The third-order valence-electron chi connectivity index (χ3n) is 5.66. The molecule has 3 aromatic rings. The molecule has 10 heteroatoms. The maximum absolute atomic E-state index is 14.8. The predicted octanol–water partition coefficient (Wildman–Crippen LogP) is 4.26. The van der Waals surface area contributed by atoms with Crippen molar-refractivity contribution in [3.05, 3.63) is 94.2 Å². The first-order valence-electron chi connectivity index (χ1n) is 11.1. The van der Waals surface area contributed by atoms with Gasteiger partial charge in [-0.25, -0.2) is 12.8 Å². The lowest BCUT2D eigenvalue weighted by atomic mass is 10.1. The first-order valence-corrected chi connectivity index (χ1v) is 13.4. The zero-order chi connectivity index (χ0) is 26.5. The van der Waals surface area contributed by atoms with Gasteiger partial charge in [-0.3, -0.25) is 13.9 Å². The van der Waals surface area contributed by atoms with Crippen LogP contribution < -0.4 is 9.62 Å². The van der Waals surface area contributed by atoms with Gasteiger partial charge in [0.15, 0.2) is 0 Å². The summed E-state index contributed by atoms with van der Waals surface area (Å²) < 4.78 is 43.6. The van der Waals surface area contributed by atoms with E-state index < -0.39 is 40.2 Å². The molecular formula is C26H27BrFN3O4S. The molecule has 0 unspecified atom stereocenters. The maximum atomic E-state index is 14.8. The molecule has 0 bridgehead atoms. The van der Waals surface area contributed by atoms with Gasteiger partial charge in [-0.2, -0.15) is 0 Å². The fourth-order valence-corrected chi connectivity index (χ4v) is 5.50. The fraction of sp³-hybridized carbons (Fsp3) is 0.231. The number of aryl methyl sites for hydroxylation is 1. The highest BCUT2D eigenvalue weighted by molar-refractivity contribution is 9.10. The average Bonchev–Trinajstić information content (AvgIpc) is 2.85. The molecule has 0 aliphatic heterocycles. The highest BCUT2D eigenvalue weighted by atomic mass is 79.9. The molecule has 0 heterocycles. The molecule has 36 heavy (non-hydrogen) atoms. The summed E-state index contributed by atoms with van der Waals surface area (Å²) in [6.45, 7) is 2.71. The molecule has 1 atom stereocenters. The van der Waals surface area contributed by atoms with Crippen LogP contribution in [0.3, 0.4) is 0 Å². The number of nitrogens with one attached hydrogen (secondary N) is 1. The van der Waals surface area contributed by atoms with Crippen molar-refractivity contribution in [3.63, 3.8) is 0 Å². The number of nitrogens with zero attached hydrogens (tertiary/aromatic N) is 2. The van der Waals surface area contributed by atoms with Crippen LogP contribution in [0.2, 0.25) is 0 Å². The molecular weight excluding hydrogens is 549 g/mol. The second kappa shape index (κ2) is 11.7.